The molecule has 1 aliphatic heterocycles. The Morgan fingerprint density at radius 2 is 1.92 bits per heavy atom. The summed E-state index contributed by atoms with van der Waals surface area (Å²) in [4.78, 5) is 38.0. The quantitative estimate of drug-likeness (QED) is 0.772. The van der Waals surface area contributed by atoms with Crippen LogP contribution in [-0.2, 0) is 9.59 Å². The average molecular weight is 391 g/mol. The highest BCUT2D eigenvalue weighted by Gasteiger charge is 2.41. The topological polar surface area (TPSA) is 86.7 Å². The molecule has 3 rings (SSSR count). The van der Waals surface area contributed by atoms with Gasteiger partial charge in [0.2, 0.25) is 11.8 Å². The third kappa shape index (κ3) is 3.84. The second kappa shape index (κ2) is 7.39. The summed E-state index contributed by atoms with van der Waals surface area (Å²) in [7, 11) is 0. The lowest BCUT2D eigenvalue weighted by atomic mass is 10.2. The van der Waals surface area contributed by atoms with Gasteiger partial charge in [-0.05, 0) is 60.6 Å². The zero-order chi connectivity index (χ0) is 18.8. The van der Waals surface area contributed by atoms with E-state index in [4.69, 9.17) is 11.6 Å². The molecule has 0 aromatic heterocycles. The Bertz CT molecular complexity index is 885. The van der Waals surface area contributed by atoms with Crippen LogP contribution in [0.3, 0.4) is 0 Å². The molecule has 1 unspecified atom stereocenters. The minimum atomic E-state index is -0.815. The van der Waals surface area contributed by atoms with Crippen LogP contribution >= 0.6 is 23.4 Å². The van der Waals surface area contributed by atoms with Crippen LogP contribution in [0.1, 0.15) is 12.0 Å². The molecule has 6 nitrogen and oxygen atoms in total. The van der Waals surface area contributed by atoms with Gasteiger partial charge in [0, 0.05) is 11.4 Å². The van der Waals surface area contributed by atoms with Gasteiger partial charge in [0.25, 0.3) is 5.24 Å². The van der Waals surface area contributed by atoms with Gasteiger partial charge in [0.05, 0.1) is 11.4 Å². The molecule has 1 fully saturated rings. The van der Waals surface area contributed by atoms with E-state index in [0.29, 0.717) is 10.7 Å². The molecule has 1 heterocycles. The zero-order valence-electron chi connectivity index (χ0n) is 13.7. The average Bonchev–Trinajstić information content (AvgIpc) is 2.86. The Balaban J connectivity index is 1.69. The molecule has 8 heteroatoms. The van der Waals surface area contributed by atoms with Crippen LogP contribution in [0.4, 0.5) is 16.2 Å². The third-order valence-electron chi connectivity index (χ3n) is 3.80. The summed E-state index contributed by atoms with van der Waals surface area (Å²) in [6, 6.07) is 11.1. The molecule has 1 saturated heterocycles. The van der Waals surface area contributed by atoms with Gasteiger partial charge in [-0.3, -0.25) is 14.4 Å². The van der Waals surface area contributed by atoms with Crippen molar-refractivity contribution in [3.05, 3.63) is 53.1 Å². The summed E-state index contributed by atoms with van der Waals surface area (Å²) in [5.41, 5.74) is 1.55. The molecule has 2 aromatic rings. The summed E-state index contributed by atoms with van der Waals surface area (Å²) in [6.07, 6.45) is -0.174. The van der Waals surface area contributed by atoms with Crippen LogP contribution in [0, 0.1) is 6.92 Å². The van der Waals surface area contributed by atoms with Crippen molar-refractivity contribution in [1.29, 1.82) is 0 Å². The number of thioether (sulfide) groups is 1. The fourth-order valence-electron chi connectivity index (χ4n) is 2.53. The van der Waals surface area contributed by atoms with Gasteiger partial charge in [0.1, 0.15) is 11.0 Å². The number of amides is 3. The number of phenolic OH excluding ortho intramolecular Hbond substituents is 1. The van der Waals surface area contributed by atoms with E-state index in [1.807, 2.05) is 6.92 Å². The number of hydrogen-bond acceptors (Lipinski definition) is 5. The van der Waals surface area contributed by atoms with Crippen molar-refractivity contribution in [3.8, 4) is 5.75 Å². The van der Waals surface area contributed by atoms with Crippen molar-refractivity contribution in [2.75, 3.05) is 10.2 Å². The summed E-state index contributed by atoms with van der Waals surface area (Å²) < 4.78 is 0. The second-order valence-electron chi connectivity index (χ2n) is 5.80. The minimum absolute atomic E-state index is 0.0618. The lowest BCUT2D eigenvalue weighted by Crippen LogP contribution is -2.32. The third-order valence-corrected chi connectivity index (χ3v) is 5.09. The fraction of sp³-hybridized carbons (Fsp3) is 0.167. The molecule has 0 aliphatic carbocycles. The number of aromatic hydroxyl groups is 1. The molecule has 0 saturated carbocycles. The summed E-state index contributed by atoms with van der Waals surface area (Å²) in [6.45, 7) is 1.83. The molecule has 2 N–H and O–H groups in total. The maximum Gasteiger partial charge on any atom is 0.293 e. The predicted octanol–water partition coefficient (Wildman–Crippen LogP) is 3.95. The lowest BCUT2D eigenvalue weighted by Gasteiger charge is -2.14. The van der Waals surface area contributed by atoms with Crippen LogP contribution < -0.4 is 10.2 Å². The number of imide groups is 1. The van der Waals surface area contributed by atoms with E-state index in [9.17, 15) is 19.5 Å². The van der Waals surface area contributed by atoms with E-state index >= 15 is 0 Å². The van der Waals surface area contributed by atoms with Crippen LogP contribution in [-0.4, -0.2) is 27.4 Å². The largest absolute Gasteiger partial charge is 0.506 e. The Hall–Kier alpha value is -2.51. The molecule has 134 valence electrons. The van der Waals surface area contributed by atoms with Gasteiger partial charge < -0.3 is 10.4 Å². The first kappa shape index (κ1) is 18.3. The fourth-order valence-corrected chi connectivity index (χ4v) is 3.64. The molecular formula is C18H15ClN2O4S. The number of carbonyl (C=O) groups is 3. The number of rotatable bonds is 4. The number of phenols is 1. The first-order chi connectivity index (χ1) is 12.3. The number of benzene rings is 2. The smallest absolute Gasteiger partial charge is 0.293 e. The Labute approximate surface area is 159 Å². The first-order valence-electron chi connectivity index (χ1n) is 7.75. The number of nitrogens with one attached hydrogen (secondary N) is 1. The summed E-state index contributed by atoms with van der Waals surface area (Å²) >= 11 is 6.63. The second-order valence-corrected chi connectivity index (χ2v) is 7.39. The van der Waals surface area contributed by atoms with E-state index in [0.717, 1.165) is 22.2 Å². The normalized spacial score (nSPS) is 16.8. The number of nitrogens with zero attached hydrogens (tertiary/aromatic N) is 1. The molecule has 1 aliphatic rings. The molecule has 2 aromatic carbocycles. The Morgan fingerprint density at radius 1 is 1.23 bits per heavy atom. The standard InChI is InChI=1S/C18H15ClN2O4S/c1-10-2-7-14(22)13(8-10)20-16(23)9-15-17(24)21(18(25)26-15)12-5-3-11(19)4-6-12/h2-8,15,22H,9H2,1H3,(H,20,23). The van der Waals surface area contributed by atoms with Gasteiger partial charge in [0.15, 0.2) is 0 Å². The maximum atomic E-state index is 12.5. The maximum absolute atomic E-state index is 12.5. The van der Waals surface area contributed by atoms with Gasteiger partial charge in [-0.2, -0.15) is 0 Å². The number of halogens is 1. The molecule has 0 radical (unpaired) electrons. The Morgan fingerprint density at radius 3 is 2.62 bits per heavy atom. The summed E-state index contributed by atoms with van der Waals surface area (Å²) in [5.74, 6) is -0.971. The SMILES string of the molecule is Cc1ccc(O)c(NC(=O)CC2SC(=O)N(c3ccc(Cl)cc3)C2=O)c1. The monoisotopic (exact) mass is 390 g/mol. The molecule has 3 amide bonds. The van der Waals surface area contributed by atoms with Gasteiger partial charge in [-0.25, -0.2) is 4.90 Å². The van der Waals surface area contributed by atoms with Crippen LogP contribution in [0.5, 0.6) is 5.75 Å². The van der Waals surface area contributed by atoms with E-state index in [-0.39, 0.29) is 17.9 Å². The molecule has 0 bridgehead atoms. The van der Waals surface area contributed by atoms with E-state index in [1.165, 1.54) is 6.07 Å². The lowest BCUT2D eigenvalue weighted by molar-refractivity contribution is -0.121. The minimum Gasteiger partial charge on any atom is -0.506 e. The Kier molecular flexibility index (Phi) is 5.20. The molecule has 1 atom stereocenters. The van der Waals surface area contributed by atoms with Gasteiger partial charge >= 0.3 is 0 Å². The predicted molar refractivity (Wildman–Crippen MR) is 102 cm³/mol. The molecular weight excluding hydrogens is 376 g/mol. The van der Waals surface area contributed by atoms with Crippen molar-refractivity contribution >= 4 is 51.8 Å². The van der Waals surface area contributed by atoms with Crippen LogP contribution in [0.25, 0.3) is 0 Å². The highest BCUT2D eigenvalue weighted by Crippen LogP contribution is 2.34. The van der Waals surface area contributed by atoms with Crippen molar-refractivity contribution in [1.82, 2.24) is 0 Å². The van der Waals surface area contributed by atoms with Crippen LogP contribution in [0.2, 0.25) is 5.02 Å². The highest BCUT2D eigenvalue weighted by molar-refractivity contribution is 8.15. The molecule has 26 heavy (non-hydrogen) atoms. The van der Waals surface area contributed by atoms with E-state index in [2.05, 4.69) is 5.32 Å². The van der Waals surface area contributed by atoms with E-state index in [1.54, 1.807) is 36.4 Å². The van der Waals surface area contributed by atoms with Gasteiger partial charge in [-0.1, -0.05) is 17.7 Å². The van der Waals surface area contributed by atoms with Crippen molar-refractivity contribution in [2.45, 2.75) is 18.6 Å². The van der Waals surface area contributed by atoms with Crippen molar-refractivity contribution in [3.63, 3.8) is 0 Å². The number of anilines is 2. The van der Waals surface area contributed by atoms with Crippen LogP contribution in [0.15, 0.2) is 42.5 Å². The van der Waals surface area contributed by atoms with E-state index < -0.39 is 22.3 Å². The number of aryl methyl sites for hydroxylation is 1. The molecule has 0 spiro atoms. The van der Waals surface area contributed by atoms with Gasteiger partial charge in [-0.15, -0.1) is 0 Å². The first-order valence-corrected chi connectivity index (χ1v) is 9.00. The zero-order valence-corrected chi connectivity index (χ0v) is 15.3. The number of carbonyl (C=O) groups excluding carboxylic acids is 3. The van der Waals surface area contributed by atoms with Crippen molar-refractivity contribution < 1.29 is 19.5 Å². The highest BCUT2D eigenvalue weighted by atomic mass is 35.5. The van der Waals surface area contributed by atoms with Crippen molar-refractivity contribution in [2.24, 2.45) is 0 Å². The number of hydrogen-bond donors (Lipinski definition) is 2. The summed E-state index contributed by atoms with van der Waals surface area (Å²) in [5, 5.41) is 11.6.